The van der Waals surface area contributed by atoms with Crippen LogP contribution in [0.2, 0.25) is 5.02 Å². The highest BCUT2D eigenvalue weighted by Gasteiger charge is 2.32. The number of pyridine rings is 1. The summed E-state index contributed by atoms with van der Waals surface area (Å²) in [6.07, 6.45) is -2.49. The van der Waals surface area contributed by atoms with Crippen molar-refractivity contribution in [2.45, 2.75) is 6.36 Å². The summed E-state index contributed by atoms with van der Waals surface area (Å²) in [4.78, 5) is 3.51. The van der Waals surface area contributed by atoms with Gasteiger partial charge in [-0.25, -0.2) is 0 Å². The van der Waals surface area contributed by atoms with Crippen LogP contribution in [0.15, 0.2) is 12.4 Å². The van der Waals surface area contributed by atoms with Gasteiger partial charge in [0.05, 0.1) is 14.8 Å². The van der Waals surface area contributed by atoms with E-state index in [0.717, 1.165) is 6.20 Å². The molecule has 0 atom stereocenters. The largest absolute Gasteiger partial charge is 0.573 e. The molecule has 0 aliphatic heterocycles. The van der Waals surface area contributed by atoms with Crippen molar-refractivity contribution in [3.8, 4) is 5.75 Å². The number of hydrogen-bond donors (Lipinski definition) is 0. The van der Waals surface area contributed by atoms with Crippen LogP contribution in [0.5, 0.6) is 5.75 Å². The molecule has 0 unspecified atom stereocenters. The van der Waals surface area contributed by atoms with E-state index < -0.39 is 12.1 Å². The van der Waals surface area contributed by atoms with Crippen molar-refractivity contribution in [2.75, 3.05) is 0 Å². The molecule has 13 heavy (non-hydrogen) atoms. The Morgan fingerprint density at radius 1 is 1.38 bits per heavy atom. The van der Waals surface area contributed by atoms with Crippen LogP contribution in [-0.4, -0.2) is 11.3 Å². The van der Waals surface area contributed by atoms with Crippen molar-refractivity contribution in [1.29, 1.82) is 0 Å². The van der Waals surface area contributed by atoms with Gasteiger partial charge in [-0.1, -0.05) is 11.6 Å². The lowest BCUT2D eigenvalue weighted by Crippen LogP contribution is -2.17. The average molecular weight is 323 g/mol. The van der Waals surface area contributed by atoms with Crippen LogP contribution in [0.3, 0.4) is 0 Å². The monoisotopic (exact) mass is 323 g/mol. The highest BCUT2D eigenvalue weighted by molar-refractivity contribution is 14.1. The van der Waals surface area contributed by atoms with Gasteiger partial charge in [-0.3, -0.25) is 4.98 Å². The van der Waals surface area contributed by atoms with Crippen LogP contribution >= 0.6 is 34.2 Å². The van der Waals surface area contributed by atoms with Gasteiger partial charge in [0.15, 0.2) is 5.75 Å². The fraction of sp³-hybridized carbons (Fsp3) is 0.167. The zero-order valence-electron chi connectivity index (χ0n) is 5.90. The van der Waals surface area contributed by atoms with Crippen molar-refractivity contribution >= 4 is 34.2 Å². The Kier molecular flexibility index (Phi) is 3.23. The number of rotatable bonds is 1. The normalized spacial score (nSPS) is 11.5. The summed E-state index contributed by atoms with van der Waals surface area (Å²) in [7, 11) is 0. The molecule has 72 valence electrons. The lowest BCUT2D eigenvalue weighted by Gasteiger charge is -2.09. The minimum absolute atomic E-state index is 0.0899. The first-order chi connectivity index (χ1) is 5.90. The Hall–Kier alpha value is -0.240. The van der Waals surface area contributed by atoms with Crippen LogP contribution < -0.4 is 4.74 Å². The molecule has 1 rings (SSSR count). The van der Waals surface area contributed by atoms with E-state index in [1.54, 1.807) is 22.6 Å². The minimum atomic E-state index is -4.74. The molecule has 1 aromatic heterocycles. The molecule has 0 aliphatic rings. The lowest BCUT2D eigenvalue weighted by atomic mass is 10.5. The van der Waals surface area contributed by atoms with E-state index in [-0.39, 0.29) is 5.02 Å². The van der Waals surface area contributed by atoms with Gasteiger partial charge >= 0.3 is 6.36 Å². The highest BCUT2D eigenvalue weighted by Crippen LogP contribution is 2.31. The molecular formula is C6H2ClF3INO. The van der Waals surface area contributed by atoms with Gasteiger partial charge in [-0.2, -0.15) is 0 Å². The fourth-order valence-corrected chi connectivity index (χ4v) is 1.16. The Labute approximate surface area is 90.2 Å². The lowest BCUT2D eigenvalue weighted by molar-refractivity contribution is -0.274. The van der Waals surface area contributed by atoms with E-state index in [4.69, 9.17) is 11.6 Å². The standard InChI is InChI=1S/C6H2ClF3INO/c7-5-3(11)1-12-2-4(5)13-6(8,9)10/h1-2H. The van der Waals surface area contributed by atoms with Crippen LogP contribution in [-0.2, 0) is 0 Å². The summed E-state index contributed by atoms with van der Waals surface area (Å²) in [6, 6.07) is 0. The third-order valence-corrected chi connectivity index (χ3v) is 2.56. The first-order valence-electron chi connectivity index (χ1n) is 2.95. The topological polar surface area (TPSA) is 22.1 Å². The second-order valence-corrected chi connectivity index (χ2v) is 3.52. The van der Waals surface area contributed by atoms with E-state index in [1.165, 1.54) is 6.20 Å². The van der Waals surface area contributed by atoms with Crippen molar-refractivity contribution in [2.24, 2.45) is 0 Å². The summed E-state index contributed by atoms with van der Waals surface area (Å²) < 4.78 is 39.2. The maximum Gasteiger partial charge on any atom is 0.573 e. The van der Waals surface area contributed by atoms with Gasteiger partial charge in [0.1, 0.15) is 0 Å². The summed E-state index contributed by atoms with van der Waals surface area (Å²) in [5.74, 6) is -0.485. The maximum atomic E-state index is 11.7. The summed E-state index contributed by atoms with van der Waals surface area (Å²) >= 11 is 7.29. The summed E-state index contributed by atoms with van der Waals surface area (Å²) in [5, 5.41) is -0.0899. The molecule has 2 nitrogen and oxygen atoms in total. The molecule has 1 aromatic rings. The second-order valence-electron chi connectivity index (χ2n) is 1.98. The number of alkyl halides is 3. The predicted molar refractivity (Wildman–Crippen MR) is 48.6 cm³/mol. The van der Waals surface area contributed by atoms with Gasteiger partial charge in [0.2, 0.25) is 0 Å². The number of ether oxygens (including phenoxy) is 1. The molecule has 0 saturated carbocycles. The molecule has 7 heteroatoms. The molecule has 0 aromatic carbocycles. The molecule has 0 aliphatic carbocycles. The Morgan fingerprint density at radius 2 is 2.00 bits per heavy atom. The molecule has 0 radical (unpaired) electrons. The molecule has 0 bridgehead atoms. The van der Waals surface area contributed by atoms with Crippen LogP contribution in [0, 0.1) is 3.57 Å². The molecule has 0 saturated heterocycles. The third kappa shape index (κ3) is 3.18. The number of aromatic nitrogens is 1. The first-order valence-corrected chi connectivity index (χ1v) is 4.40. The Bertz CT molecular complexity index is 317. The first kappa shape index (κ1) is 10.8. The second kappa shape index (κ2) is 3.87. The van der Waals surface area contributed by atoms with Crippen LogP contribution in [0.4, 0.5) is 13.2 Å². The molecular weight excluding hydrogens is 321 g/mol. The van der Waals surface area contributed by atoms with Gasteiger partial charge in [0.25, 0.3) is 0 Å². The van der Waals surface area contributed by atoms with E-state index in [0.29, 0.717) is 3.57 Å². The zero-order chi connectivity index (χ0) is 10.1. The summed E-state index contributed by atoms with van der Waals surface area (Å²) in [6.45, 7) is 0. The molecule has 0 spiro atoms. The van der Waals surface area contributed by atoms with Crippen LogP contribution in [0.1, 0.15) is 0 Å². The van der Waals surface area contributed by atoms with Crippen molar-refractivity contribution < 1.29 is 17.9 Å². The summed E-state index contributed by atoms with van der Waals surface area (Å²) in [5.41, 5.74) is 0. The van der Waals surface area contributed by atoms with Crippen molar-refractivity contribution in [3.63, 3.8) is 0 Å². The van der Waals surface area contributed by atoms with E-state index >= 15 is 0 Å². The molecule has 1 heterocycles. The molecule has 0 amide bonds. The van der Waals surface area contributed by atoms with Crippen molar-refractivity contribution in [1.82, 2.24) is 4.98 Å². The Balaban J connectivity index is 2.96. The fourth-order valence-electron chi connectivity index (χ4n) is 0.597. The van der Waals surface area contributed by atoms with Gasteiger partial charge < -0.3 is 4.74 Å². The zero-order valence-corrected chi connectivity index (χ0v) is 8.81. The highest BCUT2D eigenvalue weighted by atomic mass is 127. The number of nitrogens with zero attached hydrogens (tertiary/aromatic N) is 1. The number of halogens is 5. The van der Waals surface area contributed by atoms with Gasteiger partial charge in [-0.05, 0) is 22.6 Å². The van der Waals surface area contributed by atoms with Gasteiger partial charge in [0, 0.05) is 6.20 Å². The minimum Gasteiger partial charge on any atom is -0.402 e. The van der Waals surface area contributed by atoms with E-state index in [2.05, 4.69) is 9.72 Å². The van der Waals surface area contributed by atoms with Crippen LogP contribution in [0.25, 0.3) is 0 Å². The SMILES string of the molecule is FC(F)(F)Oc1cncc(I)c1Cl. The third-order valence-electron chi connectivity index (χ3n) is 1.03. The van der Waals surface area contributed by atoms with E-state index in [9.17, 15) is 13.2 Å². The number of hydrogen-bond acceptors (Lipinski definition) is 2. The smallest absolute Gasteiger partial charge is 0.402 e. The maximum absolute atomic E-state index is 11.7. The average Bonchev–Trinajstić information content (AvgIpc) is 1.96. The molecule has 0 fully saturated rings. The quantitative estimate of drug-likeness (QED) is 0.740. The predicted octanol–water partition coefficient (Wildman–Crippen LogP) is 3.24. The van der Waals surface area contributed by atoms with Gasteiger partial charge in [-0.15, -0.1) is 13.2 Å². The van der Waals surface area contributed by atoms with E-state index in [1.807, 2.05) is 0 Å². The van der Waals surface area contributed by atoms with Crippen molar-refractivity contribution in [3.05, 3.63) is 21.0 Å². The Morgan fingerprint density at radius 3 is 2.54 bits per heavy atom. The molecule has 0 N–H and O–H groups in total.